The second-order valence-corrected chi connectivity index (χ2v) is 4.45. The van der Waals surface area contributed by atoms with Crippen molar-refractivity contribution in [3.8, 4) is 23.0 Å². The van der Waals surface area contributed by atoms with Gasteiger partial charge in [-0.15, -0.1) is 0 Å². The minimum atomic E-state index is 0.0880. The lowest BCUT2D eigenvalue weighted by atomic mass is 10.3. The third-order valence-electron chi connectivity index (χ3n) is 2.46. The normalized spacial score (nSPS) is 8.32. The Morgan fingerprint density at radius 1 is 0.560 bits per heavy atom. The molecule has 0 bridgehead atoms. The second-order valence-electron chi connectivity index (χ2n) is 4.45. The van der Waals surface area contributed by atoms with Gasteiger partial charge in [-0.05, 0) is 36.4 Å². The highest BCUT2D eigenvalue weighted by atomic mass is 16.3. The van der Waals surface area contributed by atoms with Crippen LogP contribution in [0.1, 0.15) is 0 Å². The highest BCUT2D eigenvalue weighted by Crippen LogP contribution is 2.14. The Morgan fingerprint density at radius 2 is 0.960 bits per heavy atom. The summed E-state index contributed by atoms with van der Waals surface area (Å²) in [6.45, 7) is 2.00. The number of hydrogen-bond donors (Lipinski definition) is 5. The van der Waals surface area contributed by atoms with Gasteiger partial charge < -0.3 is 31.0 Å². The van der Waals surface area contributed by atoms with Crippen molar-refractivity contribution in [2.75, 3.05) is 5.73 Å². The molecule has 0 unspecified atom stereocenters. The summed E-state index contributed by atoms with van der Waals surface area (Å²) >= 11 is 0. The molecule has 6 nitrogen and oxygen atoms in total. The van der Waals surface area contributed by atoms with Gasteiger partial charge in [-0.3, -0.25) is 0 Å². The fourth-order valence-corrected chi connectivity index (χ4v) is 1.45. The van der Waals surface area contributed by atoms with E-state index in [1.807, 2.05) is 12.9 Å². The molecule has 3 aromatic carbocycles. The number of para-hydroxylation sites is 1. The number of phenols is 4. The number of nitrogen functional groups attached to an aromatic ring is 1. The first-order chi connectivity index (χ1) is 12.0. The molecule has 0 saturated heterocycles. The molecule has 6 heteroatoms. The fraction of sp³-hybridized carbons (Fsp3) is 0. The van der Waals surface area contributed by atoms with E-state index < -0.39 is 0 Å². The van der Waals surface area contributed by atoms with E-state index in [-0.39, 0.29) is 17.2 Å². The van der Waals surface area contributed by atoms with Gasteiger partial charge in [-0.2, -0.15) is 0 Å². The number of rotatable bonds is 0. The van der Waals surface area contributed by atoms with Gasteiger partial charge in [0.2, 0.25) is 0 Å². The van der Waals surface area contributed by atoms with E-state index in [1.54, 1.807) is 48.5 Å². The largest absolute Gasteiger partial charge is 0.508 e. The van der Waals surface area contributed by atoms with Crippen molar-refractivity contribution in [3.63, 3.8) is 0 Å². The Bertz CT molecular complexity index is 642. The summed E-state index contributed by atoms with van der Waals surface area (Å²) in [5, 5.41) is 34.7. The Balaban J connectivity index is 0.000000330. The predicted molar refractivity (Wildman–Crippen MR) is 97.5 cm³/mol. The van der Waals surface area contributed by atoms with Crippen LogP contribution in [0.15, 0.2) is 78.9 Å². The predicted octanol–water partition coefficient (Wildman–Crippen LogP) is 3.28. The van der Waals surface area contributed by atoms with Crippen molar-refractivity contribution in [2.24, 2.45) is 0 Å². The molecule has 6 N–H and O–H groups in total. The number of phenolic OH excluding ortho intramolecular Hbond substituents is 4. The second kappa shape index (κ2) is 12.8. The molecule has 3 rings (SSSR count). The van der Waals surface area contributed by atoms with Crippen LogP contribution in [0, 0.1) is 0 Å². The van der Waals surface area contributed by atoms with Crippen LogP contribution in [-0.4, -0.2) is 27.2 Å². The van der Waals surface area contributed by atoms with Crippen LogP contribution in [0.4, 0.5) is 5.69 Å². The zero-order valence-corrected chi connectivity index (χ0v) is 13.5. The maximum atomic E-state index is 8.73. The summed E-state index contributed by atoms with van der Waals surface area (Å²) in [5.41, 5.74) is 5.89. The van der Waals surface area contributed by atoms with Crippen LogP contribution in [-0.2, 0) is 4.79 Å². The van der Waals surface area contributed by atoms with Gasteiger partial charge in [0, 0.05) is 17.8 Å². The number of anilines is 1. The lowest BCUT2D eigenvalue weighted by molar-refractivity contribution is -0.0980. The van der Waals surface area contributed by atoms with Crippen LogP contribution >= 0.6 is 0 Å². The van der Waals surface area contributed by atoms with Crippen molar-refractivity contribution < 1.29 is 25.2 Å². The van der Waals surface area contributed by atoms with Gasteiger partial charge in [0.25, 0.3) is 0 Å². The smallest absolute Gasteiger partial charge is 0.119 e. The lowest BCUT2D eigenvalue weighted by Gasteiger charge is -1.90. The molecule has 132 valence electrons. The summed E-state index contributed by atoms with van der Waals surface area (Å²) in [6.07, 6.45) is 0. The first kappa shape index (κ1) is 21.3. The molecule has 0 aliphatic heterocycles. The molecular formula is C19H21NO5. The maximum absolute atomic E-state index is 8.73. The summed E-state index contributed by atoms with van der Waals surface area (Å²) < 4.78 is 0. The average Bonchev–Trinajstić information content (AvgIpc) is 2.58. The first-order valence-corrected chi connectivity index (χ1v) is 7.03. The van der Waals surface area contributed by atoms with Gasteiger partial charge in [0.15, 0.2) is 0 Å². The summed E-state index contributed by atoms with van der Waals surface area (Å²) in [5.74, 6) is 0.711. The Labute approximate surface area is 146 Å². The minimum Gasteiger partial charge on any atom is -0.508 e. The first-order valence-electron chi connectivity index (χ1n) is 7.03. The van der Waals surface area contributed by atoms with Crippen molar-refractivity contribution >= 4 is 12.5 Å². The Kier molecular flexibility index (Phi) is 10.9. The molecule has 0 aromatic heterocycles. The van der Waals surface area contributed by atoms with E-state index in [4.69, 9.17) is 31.0 Å². The van der Waals surface area contributed by atoms with E-state index in [2.05, 4.69) is 0 Å². The minimum absolute atomic E-state index is 0.0880. The van der Waals surface area contributed by atoms with E-state index in [1.165, 1.54) is 24.3 Å². The van der Waals surface area contributed by atoms with Gasteiger partial charge >= 0.3 is 0 Å². The van der Waals surface area contributed by atoms with Crippen LogP contribution < -0.4 is 5.73 Å². The molecule has 0 amide bonds. The Hall–Kier alpha value is -3.67. The summed E-state index contributed by atoms with van der Waals surface area (Å²) in [6, 6.07) is 21.1. The number of aromatic hydroxyl groups is 4. The monoisotopic (exact) mass is 343 g/mol. The van der Waals surface area contributed by atoms with E-state index in [0.717, 1.165) is 0 Å². The van der Waals surface area contributed by atoms with E-state index in [0.29, 0.717) is 11.4 Å². The zero-order chi connectivity index (χ0) is 19.1. The maximum Gasteiger partial charge on any atom is 0.119 e. The van der Waals surface area contributed by atoms with Gasteiger partial charge in [0.05, 0.1) is 0 Å². The van der Waals surface area contributed by atoms with Crippen molar-refractivity contribution in [3.05, 3.63) is 78.9 Å². The number of carbonyl (C=O) groups is 1. The van der Waals surface area contributed by atoms with Crippen LogP contribution in [0.5, 0.6) is 23.0 Å². The van der Waals surface area contributed by atoms with E-state index in [9.17, 15) is 0 Å². The molecule has 0 aliphatic rings. The third-order valence-corrected chi connectivity index (χ3v) is 2.46. The van der Waals surface area contributed by atoms with Crippen LogP contribution in [0.3, 0.4) is 0 Å². The standard InChI is InChI=1S/C6H7NO.C6H6O2.C6H6O.CH2O/c2*7-5-2-1-3-6(8)4-5;7-6-4-2-1-3-5-6;1-2/h1-4,8H,7H2;1-4,7-8H;1-5,7H;1H2. The van der Waals surface area contributed by atoms with Crippen molar-refractivity contribution in [1.29, 1.82) is 0 Å². The molecule has 3 aromatic rings. The lowest BCUT2D eigenvalue weighted by Crippen LogP contribution is -1.80. The SMILES string of the molecule is C=O.Nc1cccc(O)c1.Oc1cccc(O)c1.Oc1ccccc1. The topological polar surface area (TPSA) is 124 Å². The van der Waals surface area contributed by atoms with Crippen LogP contribution in [0.2, 0.25) is 0 Å². The van der Waals surface area contributed by atoms with Crippen molar-refractivity contribution in [2.45, 2.75) is 0 Å². The quantitative estimate of drug-likeness (QED) is 0.399. The number of carbonyl (C=O) groups excluding carboxylic acids is 1. The van der Waals surface area contributed by atoms with Crippen LogP contribution in [0.25, 0.3) is 0 Å². The number of hydrogen-bond acceptors (Lipinski definition) is 6. The third kappa shape index (κ3) is 11.5. The molecule has 0 radical (unpaired) electrons. The molecule has 25 heavy (non-hydrogen) atoms. The summed E-state index contributed by atoms with van der Waals surface area (Å²) in [7, 11) is 0. The molecule has 0 heterocycles. The zero-order valence-electron chi connectivity index (χ0n) is 13.5. The average molecular weight is 343 g/mol. The highest BCUT2D eigenvalue weighted by molar-refractivity contribution is 5.42. The number of nitrogens with two attached hydrogens (primary N) is 1. The fourth-order valence-electron chi connectivity index (χ4n) is 1.45. The van der Waals surface area contributed by atoms with Crippen molar-refractivity contribution in [1.82, 2.24) is 0 Å². The van der Waals surface area contributed by atoms with Gasteiger partial charge in [-0.25, -0.2) is 0 Å². The molecule has 0 aliphatic carbocycles. The van der Waals surface area contributed by atoms with Gasteiger partial charge in [-0.1, -0.05) is 30.3 Å². The van der Waals surface area contributed by atoms with E-state index >= 15 is 0 Å². The molecular weight excluding hydrogens is 322 g/mol. The Morgan fingerprint density at radius 3 is 1.20 bits per heavy atom. The highest BCUT2D eigenvalue weighted by Gasteiger charge is 1.85. The molecule has 0 atom stereocenters. The molecule has 0 spiro atoms. The summed E-state index contributed by atoms with van der Waals surface area (Å²) in [4.78, 5) is 8.00. The number of benzene rings is 3. The molecule has 0 saturated carbocycles. The van der Waals surface area contributed by atoms with Gasteiger partial charge in [0.1, 0.15) is 29.8 Å². The molecule has 0 fully saturated rings.